The van der Waals surface area contributed by atoms with Crippen molar-refractivity contribution in [3.8, 4) is 0 Å². The van der Waals surface area contributed by atoms with Crippen LogP contribution in [0.1, 0.15) is 13.3 Å². The zero-order chi connectivity index (χ0) is 18.3. The first-order valence-corrected chi connectivity index (χ1v) is 9.47. The Kier molecular flexibility index (Phi) is 4.56. The molecule has 0 unspecified atom stereocenters. The number of anilines is 1. The second-order valence-corrected chi connectivity index (χ2v) is 7.73. The van der Waals surface area contributed by atoms with Crippen LogP contribution in [0.3, 0.4) is 0 Å². The van der Waals surface area contributed by atoms with E-state index in [2.05, 4.69) is 21.8 Å². The van der Waals surface area contributed by atoms with E-state index in [-0.39, 0.29) is 23.9 Å². The van der Waals surface area contributed by atoms with E-state index in [0.29, 0.717) is 5.92 Å². The molecule has 0 N–H and O–H groups in total. The molecule has 4 rings (SSSR count). The van der Waals surface area contributed by atoms with Crippen molar-refractivity contribution in [3.63, 3.8) is 0 Å². The summed E-state index contributed by atoms with van der Waals surface area (Å²) < 4.78 is 0. The Morgan fingerprint density at radius 3 is 2.54 bits per heavy atom. The molecule has 26 heavy (non-hydrogen) atoms. The quantitative estimate of drug-likeness (QED) is 0.761. The van der Waals surface area contributed by atoms with Gasteiger partial charge in [0, 0.05) is 58.3 Å². The van der Waals surface area contributed by atoms with Crippen LogP contribution >= 0.6 is 0 Å². The number of fused-ring (bicyclic) bond motifs is 1. The van der Waals surface area contributed by atoms with Crippen molar-refractivity contribution in [2.75, 3.05) is 51.2 Å². The lowest BCUT2D eigenvalue weighted by molar-refractivity contribution is -0.145. The molecule has 1 aromatic heterocycles. The van der Waals surface area contributed by atoms with Crippen molar-refractivity contribution in [2.45, 2.75) is 25.4 Å². The smallest absolute Gasteiger partial charge is 0.245 e. The molecule has 0 radical (unpaired) electrons. The van der Waals surface area contributed by atoms with Gasteiger partial charge in [-0.2, -0.15) is 0 Å². The third kappa shape index (κ3) is 3.05. The molecule has 1 aromatic rings. The summed E-state index contributed by atoms with van der Waals surface area (Å²) in [6.07, 6.45) is 2.56. The third-order valence-electron chi connectivity index (χ3n) is 6.06. The van der Waals surface area contributed by atoms with E-state index in [1.54, 1.807) is 13.1 Å². The van der Waals surface area contributed by atoms with E-state index in [1.165, 1.54) is 0 Å². The predicted octanol–water partition coefficient (Wildman–Crippen LogP) is 0.281. The monoisotopic (exact) mass is 357 g/mol. The Labute approximate surface area is 154 Å². The van der Waals surface area contributed by atoms with Gasteiger partial charge in [-0.05, 0) is 25.6 Å². The number of aromatic nitrogens is 1. The number of carbonyl (C=O) groups excluding carboxylic acids is 2. The predicted molar refractivity (Wildman–Crippen MR) is 98.7 cm³/mol. The summed E-state index contributed by atoms with van der Waals surface area (Å²) in [5, 5.41) is 0. The van der Waals surface area contributed by atoms with E-state index in [0.717, 1.165) is 51.5 Å². The van der Waals surface area contributed by atoms with Gasteiger partial charge in [-0.1, -0.05) is 6.07 Å². The molecule has 0 aliphatic carbocycles. The number of likely N-dealkylation sites (N-methyl/N-ethyl adjacent to an activating group) is 1. The fraction of sp³-hybridized carbons (Fsp3) is 0.632. The first-order valence-electron chi connectivity index (χ1n) is 9.47. The van der Waals surface area contributed by atoms with Crippen LogP contribution in [0.5, 0.6) is 0 Å². The molecule has 0 spiro atoms. The maximum atomic E-state index is 13.1. The lowest BCUT2D eigenvalue weighted by Gasteiger charge is -2.37. The average molecular weight is 357 g/mol. The molecular formula is C19H27N5O2. The van der Waals surface area contributed by atoms with Crippen LogP contribution in [0.4, 0.5) is 5.82 Å². The summed E-state index contributed by atoms with van der Waals surface area (Å²) >= 11 is 0. The minimum absolute atomic E-state index is 0.00727. The van der Waals surface area contributed by atoms with Crippen LogP contribution in [0.15, 0.2) is 24.4 Å². The molecule has 3 aliphatic rings. The lowest BCUT2D eigenvalue weighted by atomic mass is 10.0. The number of piperazine rings is 1. The SMILES string of the molecule is CC(=O)N1[C@@H](C(=O)N2CCN(C)CC2)C[C@@H]2CN(c3ccccn3)C[C@@H]21. The summed E-state index contributed by atoms with van der Waals surface area (Å²) in [5.41, 5.74) is 0. The molecule has 3 aliphatic heterocycles. The molecule has 3 saturated heterocycles. The minimum atomic E-state index is -0.295. The molecule has 0 saturated carbocycles. The number of hydrogen-bond acceptors (Lipinski definition) is 5. The molecule has 2 amide bonds. The molecule has 7 nitrogen and oxygen atoms in total. The Bertz CT molecular complexity index is 674. The molecule has 3 fully saturated rings. The van der Waals surface area contributed by atoms with Gasteiger partial charge in [0.2, 0.25) is 11.8 Å². The van der Waals surface area contributed by atoms with Gasteiger partial charge in [0.15, 0.2) is 0 Å². The molecule has 0 aromatic carbocycles. The highest BCUT2D eigenvalue weighted by Crippen LogP contribution is 2.38. The largest absolute Gasteiger partial charge is 0.354 e. The van der Waals surface area contributed by atoms with Gasteiger partial charge in [0.25, 0.3) is 0 Å². The Morgan fingerprint density at radius 2 is 1.88 bits per heavy atom. The van der Waals surface area contributed by atoms with E-state index in [1.807, 2.05) is 28.0 Å². The maximum absolute atomic E-state index is 13.1. The molecule has 4 heterocycles. The van der Waals surface area contributed by atoms with Crippen LogP contribution in [0.2, 0.25) is 0 Å². The summed E-state index contributed by atoms with van der Waals surface area (Å²) in [4.78, 5) is 38.2. The van der Waals surface area contributed by atoms with Gasteiger partial charge in [0.1, 0.15) is 11.9 Å². The lowest BCUT2D eigenvalue weighted by Crippen LogP contribution is -2.55. The van der Waals surface area contributed by atoms with E-state index in [4.69, 9.17) is 0 Å². The molecule has 0 bridgehead atoms. The first-order chi connectivity index (χ1) is 12.5. The van der Waals surface area contributed by atoms with Gasteiger partial charge in [-0.3, -0.25) is 9.59 Å². The summed E-state index contributed by atoms with van der Waals surface area (Å²) in [6.45, 7) is 6.53. The average Bonchev–Trinajstić information content (AvgIpc) is 3.20. The van der Waals surface area contributed by atoms with Gasteiger partial charge < -0.3 is 19.6 Å². The van der Waals surface area contributed by atoms with Crippen molar-refractivity contribution in [3.05, 3.63) is 24.4 Å². The van der Waals surface area contributed by atoms with Gasteiger partial charge in [0.05, 0.1) is 6.04 Å². The number of pyridine rings is 1. The number of nitrogens with zero attached hydrogens (tertiary/aromatic N) is 5. The molecule has 140 valence electrons. The number of hydrogen-bond donors (Lipinski definition) is 0. The van der Waals surface area contributed by atoms with Crippen LogP contribution in [0.25, 0.3) is 0 Å². The second kappa shape index (κ2) is 6.87. The van der Waals surface area contributed by atoms with Crippen LogP contribution < -0.4 is 4.90 Å². The van der Waals surface area contributed by atoms with Crippen molar-refractivity contribution >= 4 is 17.6 Å². The maximum Gasteiger partial charge on any atom is 0.245 e. The van der Waals surface area contributed by atoms with Gasteiger partial charge in [-0.15, -0.1) is 0 Å². The summed E-state index contributed by atoms with van der Waals surface area (Å²) in [6, 6.07) is 5.71. The fourth-order valence-corrected chi connectivity index (χ4v) is 4.67. The highest BCUT2D eigenvalue weighted by Gasteiger charge is 2.51. The standard InChI is InChI=1S/C19H27N5O2/c1-14(25)24-16(19(26)22-9-7-21(2)8-10-22)11-15-12-23(13-17(15)24)18-5-3-4-6-20-18/h3-6,15-17H,7-13H2,1-2H3/t15-,16-,17+/m1/s1. The van der Waals surface area contributed by atoms with E-state index in [9.17, 15) is 9.59 Å². The van der Waals surface area contributed by atoms with Gasteiger partial charge >= 0.3 is 0 Å². The zero-order valence-corrected chi connectivity index (χ0v) is 15.5. The third-order valence-corrected chi connectivity index (χ3v) is 6.06. The topological polar surface area (TPSA) is 60.0 Å². The number of rotatable bonds is 2. The number of likely N-dealkylation sites (tertiary alicyclic amines) is 1. The van der Waals surface area contributed by atoms with E-state index < -0.39 is 0 Å². The normalized spacial score (nSPS) is 29.2. The van der Waals surface area contributed by atoms with Crippen LogP contribution in [-0.2, 0) is 9.59 Å². The highest BCUT2D eigenvalue weighted by molar-refractivity contribution is 5.88. The van der Waals surface area contributed by atoms with Crippen molar-refractivity contribution < 1.29 is 9.59 Å². The second-order valence-electron chi connectivity index (χ2n) is 7.73. The van der Waals surface area contributed by atoms with Crippen LogP contribution in [-0.4, -0.2) is 89.9 Å². The first kappa shape index (κ1) is 17.3. The minimum Gasteiger partial charge on any atom is -0.354 e. The Morgan fingerprint density at radius 1 is 1.12 bits per heavy atom. The highest BCUT2D eigenvalue weighted by atomic mass is 16.2. The fourth-order valence-electron chi connectivity index (χ4n) is 4.67. The summed E-state index contributed by atoms with van der Waals surface area (Å²) in [7, 11) is 2.08. The molecule has 3 atom stereocenters. The Hall–Kier alpha value is -2.15. The number of carbonyl (C=O) groups is 2. The van der Waals surface area contributed by atoms with E-state index >= 15 is 0 Å². The molecule has 7 heteroatoms. The number of amides is 2. The molecular weight excluding hydrogens is 330 g/mol. The summed E-state index contributed by atoms with van der Waals surface area (Å²) in [5.74, 6) is 1.43. The van der Waals surface area contributed by atoms with Crippen molar-refractivity contribution in [2.24, 2.45) is 5.92 Å². The van der Waals surface area contributed by atoms with Gasteiger partial charge in [-0.25, -0.2) is 4.98 Å². The van der Waals surface area contributed by atoms with Crippen LogP contribution in [0, 0.1) is 5.92 Å². The van der Waals surface area contributed by atoms with Crippen molar-refractivity contribution in [1.82, 2.24) is 19.7 Å². The van der Waals surface area contributed by atoms with Crippen molar-refractivity contribution in [1.29, 1.82) is 0 Å². The zero-order valence-electron chi connectivity index (χ0n) is 15.5. The Balaban J connectivity index is 1.48.